The number of nitrogens with zero attached hydrogens (tertiary/aromatic N) is 3. The summed E-state index contributed by atoms with van der Waals surface area (Å²) in [4.78, 5) is 28.5. The van der Waals surface area contributed by atoms with E-state index in [0.717, 1.165) is 30.0 Å². The van der Waals surface area contributed by atoms with Gasteiger partial charge in [-0.3, -0.25) is 9.59 Å². The van der Waals surface area contributed by atoms with Crippen LogP contribution in [0.5, 0.6) is 0 Å². The molecule has 0 aliphatic carbocycles. The van der Waals surface area contributed by atoms with Crippen molar-refractivity contribution < 1.29 is 26.7 Å². The Kier molecular flexibility index (Phi) is 10.9. The fourth-order valence-corrected chi connectivity index (χ4v) is 3.64. The van der Waals surface area contributed by atoms with Crippen LogP contribution in [0.2, 0.25) is 0 Å². The van der Waals surface area contributed by atoms with Crippen LogP contribution in [0.25, 0.3) is 0 Å². The fourth-order valence-electron chi connectivity index (χ4n) is 3.64. The van der Waals surface area contributed by atoms with Crippen molar-refractivity contribution >= 4 is 23.3 Å². The van der Waals surface area contributed by atoms with E-state index in [-0.39, 0.29) is 35.8 Å². The number of piperidine rings is 1. The Labute approximate surface area is 191 Å². The number of nitrogens with one attached hydrogen (secondary N) is 1. The molecule has 31 heavy (non-hydrogen) atoms. The van der Waals surface area contributed by atoms with Crippen LogP contribution in [0.4, 0.5) is 11.4 Å². The van der Waals surface area contributed by atoms with Gasteiger partial charge >= 0.3 is 5.97 Å². The maximum Gasteiger partial charge on any atom is 0.309 e. The molecule has 7 nitrogen and oxygen atoms in total. The van der Waals surface area contributed by atoms with Crippen molar-refractivity contribution in [2.24, 2.45) is 5.92 Å². The average molecular weight is 448 g/mol. The third kappa shape index (κ3) is 6.90. The van der Waals surface area contributed by atoms with E-state index in [4.69, 9.17) is 4.74 Å². The van der Waals surface area contributed by atoms with Gasteiger partial charge < -0.3 is 32.3 Å². The molecule has 1 saturated heterocycles. The number of likely N-dealkylation sites (tertiary alicyclic amines) is 1. The van der Waals surface area contributed by atoms with Crippen LogP contribution in [-0.2, 0) is 14.3 Å². The molecule has 0 aromatic heterocycles. The quantitative estimate of drug-likeness (QED) is 0.354. The monoisotopic (exact) mass is 447 g/mol. The fraction of sp³-hybridized carbons (Fsp3) is 0.522. The first-order chi connectivity index (χ1) is 14.4. The highest BCUT2D eigenvalue weighted by Gasteiger charge is 2.29. The molecule has 1 aliphatic rings. The number of amides is 1. The standard InChI is InChI=1S/C23H32N4O3.ClH/c1-5-26(6-2)20-8-9-21(17(4)14-20)25-16-19(15-24)22(28)27-12-10-18(11-13-27)23(29)30-7-3;/h8-9,14,16,18,25H,5-7,10-13H2,1-4H3;1H/p-1/b19-16-;. The zero-order valence-corrected chi connectivity index (χ0v) is 19.5. The topological polar surface area (TPSA) is 85.7 Å². The number of rotatable bonds is 8. The first-order valence-electron chi connectivity index (χ1n) is 10.6. The number of esters is 1. The Bertz CT molecular complexity index is 823. The highest BCUT2D eigenvalue weighted by molar-refractivity contribution is 5.97. The number of aryl methyl sites for hydroxylation is 1. The normalized spacial score (nSPS) is 14.3. The number of carbonyl (C=O) groups is 2. The lowest BCUT2D eigenvalue weighted by Gasteiger charge is -2.30. The molecule has 8 heteroatoms. The second-order valence-electron chi connectivity index (χ2n) is 7.30. The number of halogens is 1. The summed E-state index contributed by atoms with van der Waals surface area (Å²) in [7, 11) is 0. The number of hydrogen-bond acceptors (Lipinski definition) is 6. The molecule has 0 atom stereocenters. The third-order valence-electron chi connectivity index (χ3n) is 5.46. The van der Waals surface area contributed by atoms with Crippen LogP contribution >= 0.6 is 0 Å². The minimum absolute atomic E-state index is 0. The average Bonchev–Trinajstić information content (AvgIpc) is 2.76. The molecule has 2 rings (SSSR count). The number of carbonyl (C=O) groups excluding carboxylic acids is 2. The molecule has 0 saturated carbocycles. The molecule has 0 radical (unpaired) electrons. The van der Waals surface area contributed by atoms with Crippen molar-refractivity contribution in [2.45, 2.75) is 40.5 Å². The summed E-state index contributed by atoms with van der Waals surface area (Å²) in [6.45, 7) is 11.1. The van der Waals surface area contributed by atoms with E-state index in [1.54, 1.807) is 11.8 Å². The molecule has 1 heterocycles. The van der Waals surface area contributed by atoms with Crippen LogP contribution in [0.3, 0.4) is 0 Å². The van der Waals surface area contributed by atoms with E-state index in [1.807, 2.05) is 25.1 Å². The smallest absolute Gasteiger partial charge is 0.309 e. The molecule has 1 aromatic rings. The van der Waals surface area contributed by atoms with Crippen molar-refractivity contribution in [3.63, 3.8) is 0 Å². The summed E-state index contributed by atoms with van der Waals surface area (Å²) in [5, 5.41) is 12.6. The van der Waals surface area contributed by atoms with Crippen LogP contribution in [0, 0.1) is 24.2 Å². The lowest BCUT2D eigenvalue weighted by Crippen LogP contribution is -3.00. The molecule has 1 N–H and O–H groups in total. The highest BCUT2D eigenvalue weighted by atomic mass is 35.5. The van der Waals surface area contributed by atoms with Crippen molar-refractivity contribution in [1.82, 2.24) is 4.90 Å². The van der Waals surface area contributed by atoms with E-state index in [2.05, 4.69) is 30.1 Å². The zero-order chi connectivity index (χ0) is 22.1. The van der Waals surface area contributed by atoms with E-state index in [0.29, 0.717) is 32.5 Å². The lowest BCUT2D eigenvalue weighted by molar-refractivity contribution is -0.150. The van der Waals surface area contributed by atoms with Gasteiger partial charge in [0, 0.05) is 43.8 Å². The van der Waals surface area contributed by atoms with Gasteiger partial charge in [0.05, 0.1) is 12.5 Å². The molecule has 0 unspecified atom stereocenters. The Morgan fingerprint density at radius 1 is 1.26 bits per heavy atom. The zero-order valence-electron chi connectivity index (χ0n) is 18.8. The van der Waals surface area contributed by atoms with Crippen LogP contribution < -0.4 is 22.6 Å². The first kappa shape index (κ1) is 26.3. The number of hydrogen-bond donors (Lipinski definition) is 1. The second-order valence-corrected chi connectivity index (χ2v) is 7.30. The van der Waals surface area contributed by atoms with Crippen LogP contribution in [0.15, 0.2) is 30.0 Å². The van der Waals surface area contributed by atoms with Gasteiger partial charge in [-0.15, -0.1) is 0 Å². The number of anilines is 2. The lowest BCUT2D eigenvalue weighted by atomic mass is 9.96. The van der Waals surface area contributed by atoms with Gasteiger partial charge in [0.2, 0.25) is 0 Å². The Morgan fingerprint density at radius 3 is 2.42 bits per heavy atom. The third-order valence-corrected chi connectivity index (χ3v) is 5.46. The maximum atomic E-state index is 12.7. The van der Waals surface area contributed by atoms with E-state index < -0.39 is 0 Å². The predicted octanol–water partition coefficient (Wildman–Crippen LogP) is 0.466. The van der Waals surface area contributed by atoms with Crippen molar-refractivity contribution in [2.75, 3.05) is 43.0 Å². The van der Waals surface area contributed by atoms with Crippen LogP contribution in [0.1, 0.15) is 39.2 Å². The van der Waals surface area contributed by atoms with Gasteiger partial charge in [-0.1, -0.05) is 0 Å². The summed E-state index contributed by atoms with van der Waals surface area (Å²) >= 11 is 0. The highest BCUT2D eigenvalue weighted by Crippen LogP contribution is 2.24. The summed E-state index contributed by atoms with van der Waals surface area (Å²) in [5.41, 5.74) is 3.09. The largest absolute Gasteiger partial charge is 1.00 e. The number of benzene rings is 1. The van der Waals surface area contributed by atoms with E-state index in [9.17, 15) is 14.9 Å². The Morgan fingerprint density at radius 2 is 1.90 bits per heavy atom. The molecule has 170 valence electrons. The van der Waals surface area contributed by atoms with E-state index >= 15 is 0 Å². The molecule has 0 bridgehead atoms. The molecule has 1 aliphatic heterocycles. The molecule has 0 spiro atoms. The van der Waals surface area contributed by atoms with E-state index in [1.165, 1.54) is 6.20 Å². The maximum absolute atomic E-state index is 12.7. The molecular weight excluding hydrogens is 416 g/mol. The van der Waals surface area contributed by atoms with Crippen molar-refractivity contribution in [1.29, 1.82) is 5.26 Å². The SMILES string of the molecule is CCOC(=O)C1CCN(C(=O)/C(C#N)=C\Nc2ccc(N(CC)CC)cc2C)CC1.[Cl-]. The summed E-state index contributed by atoms with van der Waals surface area (Å²) < 4.78 is 5.06. The van der Waals surface area contributed by atoms with Gasteiger partial charge in [0.25, 0.3) is 5.91 Å². The molecule has 1 aromatic carbocycles. The second kappa shape index (κ2) is 12.9. The van der Waals surface area contributed by atoms with Crippen molar-refractivity contribution in [3.05, 3.63) is 35.5 Å². The van der Waals surface area contributed by atoms with Gasteiger partial charge in [-0.05, 0) is 64.3 Å². The van der Waals surface area contributed by atoms with Gasteiger partial charge in [0.15, 0.2) is 0 Å². The molecule has 1 fully saturated rings. The predicted molar refractivity (Wildman–Crippen MR) is 118 cm³/mol. The summed E-state index contributed by atoms with van der Waals surface area (Å²) in [5.74, 6) is -0.690. The van der Waals surface area contributed by atoms with Gasteiger partial charge in [-0.25, -0.2) is 0 Å². The minimum atomic E-state index is -0.315. The Balaban J connectivity index is 0.00000480. The Hall–Kier alpha value is -2.72. The van der Waals surface area contributed by atoms with Crippen molar-refractivity contribution in [3.8, 4) is 6.07 Å². The molecule has 1 amide bonds. The van der Waals surface area contributed by atoms with Gasteiger partial charge in [0.1, 0.15) is 11.6 Å². The molecular formula is C23H32ClN4O3-. The summed E-state index contributed by atoms with van der Waals surface area (Å²) in [6.07, 6.45) is 2.59. The first-order valence-corrected chi connectivity index (χ1v) is 10.6. The number of nitriles is 1. The number of ether oxygens (including phenoxy) is 1. The van der Waals surface area contributed by atoms with Gasteiger partial charge in [-0.2, -0.15) is 5.26 Å². The summed E-state index contributed by atoms with van der Waals surface area (Å²) in [6, 6.07) is 8.09. The minimum Gasteiger partial charge on any atom is -1.00 e. The van der Waals surface area contributed by atoms with Crippen LogP contribution in [-0.4, -0.2) is 49.6 Å².